The minimum absolute atomic E-state index is 0.0245. The molecule has 1 saturated heterocycles. The smallest absolute Gasteiger partial charge is 0.343 e. The minimum Gasteiger partial charge on any atom is -0.462 e. The number of amides is 2. The Balaban J connectivity index is 1.77. The van der Waals surface area contributed by atoms with Crippen molar-refractivity contribution in [3.8, 4) is 0 Å². The fourth-order valence-corrected chi connectivity index (χ4v) is 3.46. The van der Waals surface area contributed by atoms with Gasteiger partial charge in [-0.2, -0.15) is 0 Å². The highest BCUT2D eigenvalue weighted by Crippen LogP contribution is 2.33. The van der Waals surface area contributed by atoms with Crippen LogP contribution in [0.2, 0.25) is 0 Å². The minimum atomic E-state index is -0.770. The number of halogens is 1. The molecule has 0 bridgehead atoms. The zero-order valence-electron chi connectivity index (χ0n) is 14.2. The maximum Gasteiger partial charge on any atom is 0.343 e. The predicted molar refractivity (Wildman–Crippen MR) is 95.6 cm³/mol. The van der Waals surface area contributed by atoms with Crippen molar-refractivity contribution >= 4 is 41.1 Å². The maximum atomic E-state index is 13.4. The predicted octanol–water partition coefficient (Wildman–Crippen LogP) is 1.80. The molecule has 0 saturated carbocycles. The van der Waals surface area contributed by atoms with E-state index in [1.165, 1.54) is 24.4 Å². The number of thioether (sulfide) groups is 1. The van der Waals surface area contributed by atoms with Crippen molar-refractivity contribution in [3.05, 3.63) is 41.8 Å². The molecule has 1 unspecified atom stereocenters. The first-order chi connectivity index (χ1) is 12.9. The van der Waals surface area contributed by atoms with Crippen LogP contribution in [0, 0.1) is 5.82 Å². The third kappa shape index (κ3) is 3.90. The Hall–Kier alpha value is -3.01. The summed E-state index contributed by atoms with van der Waals surface area (Å²) in [6.07, 6.45) is 1.14. The molecule has 0 aliphatic carbocycles. The molecule has 3 rings (SSSR count). The quantitative estimate of drug-likeness (QED) is 0.467. The molecule has 0 spiro atoms. The lowest BCUT2D eigenvalue weighted by Gasteiger charge is -2.14. The van der Waals surface area contributed by atoms with Crippen LogP contribution in [-0.4, -0.2) is 39.6 Å². The Morgan fingerprint density at radius 3 is 2.89 bits per heavy atom. The first kappa shape index (κ1) is 18.8. The van der Waals surface area contributed by atoms with Crippen molar-refractivity contribution in [2.24, 2.45) is 0 Å². The molecular weight excluding hydrogens is 375 g/mol. The molecule has 1 fully saturated rings. The number of rotatable bonds is 5. The second-order valence-corrected chi connectivity index (χ2v) is 6.70. The van der Waals surface area contributed by atoms with Crippen LogP contribution in [0.15, 0.2) is 35.6 Å². The van der Waals surface area contributed by atoms with Crippen molar-refractivity contribution in [1.82, 2.24) is 9.97 Å². The first-order valence-electron chi connectivity index (χ1n) is 7.99. The van der Waals surface area contributed by atoms with Crippen LogP contribution < -0.4 is 10.6 Å². The lowest BCUT2D eigenvalue weighted by molar-refractivity contribution is -0.121. The van der Waals surface area contributed by atoms with Gasteiger partial charge in [0.1, 0.15) is 22.4 Å². The van der Waals surface area contributed by atoms with Crippen LogP contribution in [0.25, 0.3) is 0 Å². The third-order valence-electron chi connectivity index (χ3n) is 3.71. The van der Waals surface area contributed by atoms with E-state index in [-0.39, 0.29) is 35.3 Å². The van der Waals surface area contributed by atoms with E-state index in [0.717, 1.165) is 22.7 Å². The summed E-state index contributed by atoms with van der Waals surface area (Å²) in [7, 11) is 0. The van der Waals surface area contributed by atoms with Crippen LogP contribution >= 0.6 is 11.8 Å². The lowest BCUT2D eigenvalue weighted by Crippen LogP contribution is -2.31. The summed E-state index contributed by atoms with van der Waals surface area (Å²) in [6, 6.07) is 5.24. The van der Waals surface area contributed by atoms with Gasteiger partial charge in [0.05, 0.1) is 12.3 Å². The normalized spacial score (nSPS) is 16.7. The second kappa shape index (κ2) is 7.70. The number of hydrogen-bond donors (Lipinski definition) is 1. The van der Waals surface area contributed by atoms with Gasteiger partial charge in [0.15, 0.2) is 5.16 Å². The number of carbonyl (C=O) groups excluding carboxylic acids is 3. The standard InChI is InChI=1S/C17H15FN4O4S/c1-2-26-16(25)11-8-20-17(21-14(11)19)27-12-7-13(23)22(15(12)24)10-5-3-4-9(18)6-10/h3-6,8,12H,2,7H2,1H3,(H2,19,20,21). The molecule has 2 amide bonds. The molecule has 1 aliphatic heterocycles. The fraction of sp³-hybridized carbons (Fsp3) is 0.235. The molecule has 1 aliphatic rings. The number of carbonyl (C=O) groups is 3. The van der Waals surface area contributed by atoms with Crippen molar-refractivity contribution in [3.63, 3.8) is 0 Å². The molecule has 8 nitrogen and oxygen atoms in total. The molecule has 1 aromatic carbocycles. The first-order valence-corrected chi connectivity index (χ1v) is 8.87. The number of anilines is 2. The molecule has 0 radical (unpaired) electrons. The third-order valence-corrected chi connectivity index (χ3v) is 4.77. The summed E-state index contributed by atoms with van der Waals surface area (Å²) in [5.41, 5.74) is 5.95. The molecule has 10 heteroatoms. The van der Waals surface area contributed by atoms with Crippen LogP contribution in [0.3, 0.4) is 0 Å². The Morgan fingerprint density at radius 2 is 2.22 bits per heavy atom. The molecule has 2 N–H and O–H groups in total. The van der Waals surface area contributed by atoms with Gasteiger partial charge < -0.3 is 10.5 Å². The number of ether oxygens (including phenoxy) is 1. The SMILES string of the molecule is CCOC(=O)c1cnc(SC2CC(=O)N(c3cccc(F)c3)C2=O)nc1N. The van der Waals surface area contributed by atoms with Crippen LogP contribution in [0.1, 0.15) is 23.7 Å². The monoisotopic (exact) mass is 390 g/mol. The number of esters is 1. The van der Waals surface area contributed by atoms with E-state index in [1.807, 2.05) is 0 Å². The topological polar surface area (TPSA) is 115 Å². The number of nitrogens with two attached hydrogens (primary N) is 1. The summed E-state index contributed by atoms with van der Waals surface area (Å²) in [5, 5.41) is -0.624. The van der Waals surface area contributed by atoms with Crippen molar-refractivity contribution in [2.75, 3.05) is 17.2 Å². The summed E-state index contributed by atoms with van der Waals surface area (Å²) in [5.74, 6) is -2.21. The molecule has 1 atom stereocenters. The Morgan fingerprint density at radius 1 is 1.44 bits per heavy atom. The molecule has 1 aromatic heterocycles. The summed E-state index contributed by atoms with van der Waals surface area (Å²) in [6.45, 7) is 1.84. The van der Waals surface area contributed by atoms with E-state index < -0.39 is 28.9 Å². The van der Waals surface area contributed by atoms with E-state index in [1.54, 1.807) is 6.92 Å². The van der Waals surface area contributed by atoms with Gasteiger partial charge in [-0.15, -0.1) is 0 Å². The van der Waals surface area contributed by atoms with Gasteiger partial charge in [-0.1, -0.05) is 17.8 Å². The van der Waals surface area contributed by atoms with E-state index in [0.29, 0.717) is 0 Å². The van der Waals surface area contributed by atoms with Crippen molar-refractivity contribution in [2.45, 2.75) is 23.8 Å². The van der Waals surface area contributed by atoms with Crippen LogP contribution in [0.5, 0.6) is 0 Å². The van der Waals surface area contributed by atoms with Gasteiger partial charge in [-0.25, -0.2) is 24.1 Å². The summed E-state index contributed by atoms with van der Waals surface area (Å²) in [4.78, 5) is 45.5. The number of hydrogen-bond acceptors (Lipinski definition) is 8. The molecule has 2 aromatic rings. The van der Waals surface area contributed by atoms with Gasteiger partial charge in [-0.05, 0) is 25.1 Å². The molecular formula is C17H15FN4O4S. The highest BCUT2D eigenvalue weighted by Gasteiger charge is 2.40. The van der Waals surface area contributed by atoms with E-state index >= 15 is 0 Å². The summed E-state index contributed by atoms with van der Waals surface area (Å²) < 4.78 is 18.2. The number of imide groups is 1. The highest BCUT2D eigenvalue weighted by molar-refractivity contribution is 8.00. The van der Waals surface area contributed by atoms with Crippen LogP contribution in [0.4, 0.5) is 15.9 Å². The van der Waals surface area contributed by atoms with Gasteiger partial charge in [-0.3, -0.25) is 9.59 Å². The number of nitrogens with zero attached hydrogens (tertiary/aromatic N) is 3. The average Bonchev–Trinajstić information content (AvgIpc) is 2.88. The Bertz CT molecular complexity index is 924. The van der Waals surface area contributed by atoms with Gasteiger partial charge in [0, 0.05) is 12.6 Å². The van der Waals surface area contributed by atoms with E-state index in [2.05, 4.69) is 9.97 Å². The van der Waals surface area contributed by atoms with Gasteiger partial charge >= 0.3 is 5.97 Å². The Labute approximate surface area is 157 Å². The zero-order chi connectivity index (χ0) is 19.6. The second-order valence-electron chi connectivity index (χ2n) is 5.53. The van der Waals surface area contributed by atoms with Crippen LogP contribution in [-0.2, 0) is 14.3 Å². The molecule has 140 valence electrons. The van der Waals surface area contributed by atoms with E-state index in [9.17, 15) is 18.8 Å². The lowest BCUT2D eigenvalue weighted by atomic mass is 10.3. The van der Waals surface area contributed by atoms with E-state index in [4.69, 9.17) is 10.5 Å². The largest absolute Gasteiger partial charge is 0.462 e. The Kier molecular flexibility index (Phi) is 5.36. The average molecular weight is 390 g/mol. The molecule has 2 heterocycles. The zero-order valence-corrected chi connectivity index (χ0v) is 15.0. The number of nitrogen functional groups attached to an aromatic ring is 1. The summed E-state index contributed by atoms with van der Waals surface area (Å²) >= 11 is 0.953. The number of benzene rings is 1. The van der Waals surface area contributed by atoms with Gasteiger partial charge in [0.2, 0.25) is 11.8 Å². The van der Waals surface area contributed by atoms with Gasteiger partial charge in [0.25, 0.3) is 0 Å². The highest BCUT2D eigenvalue weighted by atomic mass is 32.2. The van der Waals surface area contributed by atoms with Crippen molar-refractivity contribution in [1.29, 1.82) is 0 Å². The maximum absolute atomic E-state index is 13.4. The number of aromatic nitrogens is 2. The van der Waals surface area contributed by atoms with Crippen molar-refractivity contribution < 1.29 is 23.5 Å². The molecule has 27 heavy (non-hydrogen) atoms. The fourth-order valence-electron chi connectivity index (χ4n) is 2.51.